The van der Waals surface area contributed by atoms with Gasteiger partial charge < -0.3 is 0 Å². The van der Waals surface area contributed by atoms with Crippen LogP contribution in [-0.4, -0.2) is 0 Å². The van der Waals surface area contributed by atoms with E-state index < -0.39 is 11.6 Å². The Morgan fingerprint density at radius 3 is 1.62 bits per heavy atom. The van der Waals surface area contributed by atoms with E-state index in [1.165, 1.54) is 71.1 Å². The van der Waals surface area contributed by atoms with Crippen LogP contribution in [0.1, 0.15) is 11.1 Å². The van der Waals surface area contributed by atoms with Crippen molar-refractivity contribution in [2.45, 2.75) is 0 Å². The summed E-state index contributed by atoms with van der Waals surface area (Å²) in [6, 6.07) is 53.5. The maximum Gasteiger partial charge on any atom is 0.134 e. The van der Waals surface area contributed by atoms with E-state index in [1.54, 1.807) is 0 Å². The molecule has 0 N–H and O–H groups in total. The molecule has 2 aliphatic rings. The SMILES string of the molecule is Fc1cccc(F)c1-c1c2ccccc2c(-c2ccc3c(c2)sc2c(C4=c5ccccc5=C(c5ccccc5)C5C=CC=CC45)cccc23)c2ccccc12. The van der Waals surface area contributed by atoms with Crippen LogP contribution in [0.2, 0.25) is 0 Å². The molecule has 260 valence electrons. The topological polar surface area (TPSA) is 0 Å². The van der Waals surface area contributed by atoms with Crippen molar-refractivity contribution in [3.63, 3.8) is 0 Å². The Bertz CT molecular complexity index is 3160. The average Bonchev–Trinajstić information content (AvgIpc) is 3.61. The monoisotopic (exact) mass is 726 g/mol. The first-order chi connectivity index (χ1) is 27.2. The quantitative estimate of drug-likeness (QED) is 0.158. The van der Waals surface area contributed by atoms with Gasteiger partial charge in [-0.15, -0.1) is 11.3 Å². The number of thiophene rings is 1. The van der Waals surface area contributed by atoms with Gasteiger partial charge in [-0.3, -0.25) is 0 Å². The number of halogens is 2. The van der Waals surface area contributed by atoms with Gasteiger partial charge >= 0.3 is 0 Å². The molecule has 55 heavy (non-hydrogen) atoms. The number of rotatable bonds is 4. The predicted octanol–water partition coefficient (Wildman–Crippen LogP) is 12.7. The number of benzene rings is 8. The second kappa shape index (κ2) is 12.6. The van der Waals surface area contributed by atoms with Crippen LogP contribution >= 0.6 is 11.3 Å². The fourth-order valence-electron chi connectivity index (χ4n) is 9.37. The second-order valence-corrected chi connectivity index (χ2v) is 15.5. The minimum Gasteiger partial charge on any atom is -0.206 e. The van der Waals surface area contributed by atoms with Gasteiger partial charge in [0.15, 0.2) is 0 Å². The van der Waals surface area contributed by atoms with Crippen LogP contribution in [0.25, 0.3) is 75.1 Å². The van der Waals surface area contributed by atoms with Crippen molar-refractivity contribution < 1.29 is 8.78 Å². The molecular formula is C52H32F2S. The molecule has 0 aliphatic heterocycles. The first-order valence-corrected chi connectivity index (χ1v) is 19.5. The lowest BCUT2D eigenvalue weighted by Crippen LogP contribution is -2.40. The Balaban J connectivity index is 1.17. The van der Waals surface area contributed by atoms with E-state index in [0.717, 1.165) is 32.7 Å². The standard InChI is InChI=1S/C52H32F2S/c53-44-26-13-27-45(54)51(44)50-40-22-10-6-18-36(40)48(37-19-7-11-23-41(37)50)32-28-29-33-42-24-12-25-43(52(42)55-46(33)30-32)49-38-20-8-4-16-34(38)47(31-14-2-1-3-15-31)35-17-5-9-21-39(35)49/h1-30,34,38H. The van der Waals surface area contributed by atoms with E-state index in [0.29, 0.717) is 5.56 Å². The van der Waals surface area contributed by atoms with Crippen LogP contribution in [-0.2, 0) is 0 Å². The zero-order valence-electron chi connectivity index (χ0n) is 29.6. The normalized spacial score (nSPS) is 16.3. The first kappa shape index (κ1) is 32.0. The van der Waals surface area contributed by atoms with Crippen molar-refractivity contribution in [2.75, 3.05) is 0 Å². The molecule has 2 atom stereocenters. The van der Waals surface area contributed by atoms with Crippen LogP contribution < -0.4 is 10.4 Å². The van der Waals surface area contributed by atoms with Crippen LogP contribution in [0.15, 0.2) is 182 Å². The Kier molecular flexibility index (Phi) is 7.33. The van der Waals surface area contributed by atoms with Gasteiger partial charge in [0, 0.05) is 37.6 Å². The van der Waals surface area contributed by atoms with Gasteiger partial charge in [-0.05, 0) is 83.6 Å². The Morgan fingerprint density at radius 1 is 0.400 bits per heavy atom. The molecule has 1 aromatic heterocycles. The van der Waals surface area contributed by atoms with E-state index in [2.05, 4.69) is 127 Å². The van der Waals surface area contributed by atoms with Crippen molar-refractivity contribution in [3.05, 3.63) is 215 Å². The van der Waals surface area contributed by atoms with Gasteiger partial charge in [0.25, 0.3) is 0 Å². The van der Waals surface area contributed by atoms with Crippen molar-refractivity contribution in [1.82, 2.24) is 0 Å². The van der Waals surface area contributed by atoms with Crippen molar-refractivity contribution in [3.8, 4) is 22.3 Å². The second-order valence-electron chi connectivity index (χ2n) is 14.5. The van der Waals surface area contributed by atoms with E-state index >= 15 is 8.78 Å². The number of hydrogen-bond acceptors (Lipinski definition) is 1. The summed E-state index contributed by atoms with van der Waals surface area (Å²) in [5, 5.41) is 8.62. The summed E-state index contributed by atoms with van der Waals surface area (Å²) in [5.41, 5.74) is 8.02. The molecule has 11 rings (SSSR count). The molecule has 0 saturated heterocycles. The molecule has 0 spiro atoms. The highest BCUT2D eigenvalue weighted by Crippen LogP contribution is 2.48. The van der Waals surface area contributed by atoms with Crippen molar-refractivity contribution >= 4 is 64.2 Å². The molecular weight excluding hydrogens is 695 g/mol. The number of fused-ring (bicyclic) bond motifs is 7. The molecule has 0 radical (unpaired) electrons. The predicted molar refractivity (Wildman–Crippen MR) is 228 cm³/mol. The summed E-state index contributed by atoms with van der Waals surface area (Å²) in [6.07, 6.45) is 9.16. The summed E-state index contributed by atoms with van der Waals surface area (Å²) in [4.78, 5) is 0. The lowest BCUT2D eigenvalue weighted by atomic mass is 9.70. The van der Waals surface area contributed by atoms with E-state index in [-0.39, 0.29) is 17.4 Å². The zero-order chi connectivity index (χ0) is 36.6. The fraction of sp³-hybridized carbons (Fsp3) is 0.0385. The van der Waals surface area contributed by atoms with Crippen LogP contribution in [0.5, 0.6) is 0 Å². The van der Waals surface area contributed by atoms with Crippen molar-refractivity contribution in [1.29, 1.82) is 0 Å². The molecule has 2 unspecified atom stereocenters. The molecule has 0 amide bonds. The maximum absolute atomic E-state index is 15.5. The largest absolute Gasteiger partial charge is 0.206 e. The van der Waals surface area contributed by atoms with Crippen LogP contribution in [0, 0.1) is 23.5 Å². The van der Waals surface area contributed by atoms with Gasteiger partial charge in [0.1, 0.15) is 11.6 Å². The molecule has 0 saturated carbocycles. The van der Waals surface area contributed by atoms with Gasteiger partial charge in [0.05, 0.1) is 5.56 Å². The third-order valence-corrected chi connectivity index (χ3v) is 12.8. The molecule has 9 aromatic rings. The third-order valence-electron chi connectivity index (χ3n) is 11.6. The zero-order valence-corrected chi connectivity index (χ0v) is 30.5. The van der Waals surface area contributed by atoms with E-state index in [1.807, 2.05) is 47.7 Å². The first-order valence-electron chi connectivity index (χ1n) is 18.7. The van der Waals surface area contributed by atoms with Gasteiger partial charge in [-0.25, -0.2) is 8.78 Å². The molecule has 0 nitrogen and oxygen atoms in total. The van der Waals surface area contributed by atoms with E-state index in [9.17, 15) is 0 Å². The van der Waals surface area contributed by atoms with E-state index in [4.69, 9.17) is 0 Å². The van der Waals surface area contributed by atoms with Crippen molar-refractivity contribution in [2.24, 2.45) is 11.8 Å². The number of hydrogen-bond donors (Lipinski definition) is 0. The highest BCUT2D eigenvalue weighted by molar-refractivity contribution is 7.26. The minimum atomic E-state index is -0.566. The van der Waals surface area contributed by atoms with Gasteiger partial charge in [0.2, 0.25) is 0 Å². The highest BCUT2D eigenvalue weighted by Gasteiger charge is 2.32. The smallest absolute Gasteiger partial charge is 0.134 e. The highest BCUT2D eigenvalue weighted by atomic mass is 32.1. The number of allylic oxidation sites excluding steroid dienone is 4. The lowest BCUT2D eigenvalue weighted by Gasteiger charge is -2.33. The van der Waals surface area contributed by atoms with Gasteiger partial charge in [-0.2, -0.15) is 0 Å². The summed E-state index contributed by atoms with van der Waals surface area (Å²) >= 11 is 1.85. The Morgan fingerprint density at radius 2 is 0.945 bits per heavy atom. The third kappa shape index (κ3) is 4.86. The lowest BCUT2D eigenvalue weighted by molar-refractivity contribution is 0.590. The van der Waals surface area contributed by atoms with Crippen LogP contribution in [0.3, 0.4) is 0 Å². The average molecular weight is 727 g/mol. The summed E-state index contributed by atoms with van der Waals surface area (Å²) < 4.78 is 33.4. The summed E-state index contributed by atoms with van der Waals surface area (Å²) in [5.74, 6) is -0.721. The fourth-order valence-corrected chi connectivity index (χ4v) is 10.6. The van der Waals surface area contributed by atoms with Crippen LogP contribution in [0.4, 0.5) is 8.78 Å². The molecule has 2 aliphatic carbocycles. The summed E-state index contributed by atoms with van der Waals surface area (Å²) in [7, 11) is 0. The summed E-state index contributed by atoms with van der Waals surface area (Å²) in [6.45, 7) is 0. The Hall–Kier alpha value is -6.42. The molecule has 1 heterocycles. The maximum atomic E-state index is 15.5. The molecule has 8 aromatic carbocycles. The minimum absolute atomic E-state index is 0.00903. The molecule has 0 fully saturated rings. The molecule has 0 bridgehead atoms. The molecule has 3 heteroatoms. The Labute approximate surface area is 321 Å². The van der Waals surface area contributed by atoms with Gasteiger partial charge in [-0.1, -0.05) is 164 Å².